The molecule has 0 heterocycles. The molecule has 0 aliphatic rings. The fourth-order valence-electron chi connectivity index (χ4n) is 1.23. The van der Waals surface area contributed by atoms with Gasteiger partial charge in [0.05, 0.1) is 4.90 Å². The molecule has 0 fully saturated rings. The lowest BCUT2D eigenvalue weighted by Crippen LogP contribution is -2.15. The molecule has 2 N–H and O–H groups in total. The summed E-state index contributed by atoms with van der Waals surface area (Å²) in [4.78, 5) is 10.5. The second kappa shape index (κ2) is 4.52. The van der Waals surface area contributed by atoms with Crippen LogP contribution in [0.2, 0.25) is 0 Å². The maximum atomic E-state index is 11.4. The standard InChI is InChI=1S/C9H9BrO5S/c1-16(14,15)6-4-2-3-5(10)7(6)8(11)9(12)13/h2-4,8,11H,1H3,(H,12,13). The van der Waals surface area contributed by atoms with Crippen molar-refractivity contribution >= 4 is 31.7 Å². The summed E-state index contributed by atoms with van der Waals surface area (Å²) in [6.45, 7) is 0. The number of rotatable bonds is 3. The molecule has 0 aromatic heterocycles. The normalized spacial score (nSPS) is 13.4. The van der Waals surface area contributed by atoms with Crippen LogP contribution in [0.3, 0.4) is 0 Å². The van der Waals surface area contributed by atoms with Gasteiger partial charge < -0.3 is 10.2 Å². The average molecular weight is 309 g/mol. The van der Waals surface area contributed by atoms with Crippen molar-refractivity contribution < 1.29 is 23.4 Å². The van der Waals surface area contributed by atoms with Crippen LogP contribution in [0.1, 0.15) is 11.7 Å². The highest BCUT2D eigenvalue weighted by atomic mass is 79.9. The minimum absolute atomic E-state index is 0.155. The van der Waals surface area contributed by atoms with Gasteiger partial charge in [-0.25, -0.2) is 13.2 Å². The molecule has 0 radical (unpaired) electrons. The number of halogens is 1. The Morgan fingerprint density at radius 3 is 2.44 bits per heavy atom. The van der Waals surface area contributed by atoms with E-state index in [1.165, 1.54) is 18.2 Å². The van der Waals surface area contributed by atoms with Crippen molar-refractivity contribution in [2.24, 2.45) is 0 Å². The molecule has 1 unspecified atom stereocenters. The van der Waals surface area contributed by atoms with Crippen LogP contribution in [0.25, 0.3) is 0 Å². The summed E-state index contributed by atoms with van der Waals surface area (Å²) in [5.74, 6) is -1.50. The third-order valence-electron chi connectivity index (χ3n) is 1.92. The third kappa shape index (κ3) is 2.60. The zero-order valence-electron chi connectivity index (χ0n) is 8.21. The summed E-state index contributed by atoms with van der Waals surface area (Å²) in [5, 5.41) is 18.1. The molecule has 0 saturated carbocycles. The van der Waals surface area contributed by atoms with E-state index in [2.05, 4.69) is 15.9 Å². The van der Waals surface area contributed by atoms with Crippen LogP contribution in [0.15, 0.2) is 27.6 Å². The average Bonchev–Trinajstić information content (AvgIpc) is 2.14. The summed E-state index contributed by atoms with van der Waals surface area (Å²) in [7, 11) is -3.59. The van der Waals surface area contributed by atoms with Crippen molar-refractivity contribution in [1.82, 2.24) is 0 Å². The highest BCUT2D eigenvalue weighted by Gasteiger charge is 2.26. The first-order chi connectivity index (χ1) is 7.25. The zero-order chi connectivity index (χ0) is 12.5. The van der Waals surface area contributed by atoms with E-state index < -0.39 is 21.9 Å². The molecule has 1 rings (SSSR count). The van der Waals surface area contributed by atoms with Crippen molar-refractivity contribution in [3.63, 3.8) is 0 Å². The molecule has 1 aromatic rings. The third-order valence-corrected chi connectivity index (χ3v) is 3.77. The Kier molecular flexibility index (Phi) is 3.72. The molecule has 0 saturated heterocycles. The van der Waals surface area contributed by atoms with Crippen LogP contribution in [0.4, 0.5) is 0 Å². The van der Waals surface area contributed by atoms with E-state index >= 15 is 0 Å². The first-order valence-corrected chi connectivity index (χ1v) is 6.83. The fraction of sp³-hybridized carbons (Fsp3) is 0.222. The number of aliphatic hydroxyl groups excluding tert-OH is 1. The maximum absolute atomic E-state index is 11.4. The van der Waals surface area contributed by atoms with Crippen LogP contribution >= 0.6 is 15.9 Å². The van der Waals surface area contributed by atoms with Gasteiger partial charge in [-0.1, -0.05) is 22.0 Å². The van der Waals surface area contributed by atoms with Gasteiger partial charge in [-0.2, -0.15) is 0 Å². The molecule has 0 bridgehead atoms. The first-order valence-electron chi connectivity index (χ1n) is 4.14. The van der Waals surface area contributed by atoms with Gasteiger partial charge in [-0.15, -0.1) is 0 Å². The van der Waals surface area contributed by atoms with Crippen LogP contribution in [0, 0.1) is 0 Å². The van der Waals surface area contributed by atoms with Crippen molar-refractivity contribution in [3.8, 4) is 0 Å². The van der Waals surface area contributed by atoms with E-state index in [0.29, 0.717) is 0 Å². The number of carboxylic acids is 1. The molecule has 5 nitrogen and oxygen atoms in total. The van der Waals surface area contributed by atoms with Crippen molar-refractivity contribution in [2.75, 3.05) is 6.26 Å². The minimum atomic E-state index is -3.59. The Balaban J connectivity index is 3.53. The van der Waals surface area contributed by atoms with Crippen LogP contribution in [-0.2, 0) is 14.6 Å². The smallest absolute Gasteiger partial charge is 0.337 e. The Bertz CT molecular complexity index is 523. The predicted molar refractivity (Wildman–Crippen MR) is 59.8 cm³/mol. The summed E-state index contributed by atoms with van der Waals surface area (Å²) < 4.78 is 23.1. The maximum Gasteiger partial charge on any atom is 0.337 e. The molecule has 7 heteroatoms. The van der Waals surface area contributed by atoms with Gasteiger partial charge in [-0.05, 0) is 12.1 Å². The van der Waals surface area contributed by atoms with Crippen molar-refractivity contribution in [2.45, 2.75) is 11.0 Å². The number of benzene rings is 1. The lowest BCUT2D eigenvalue weighted by molar-refractivity contribution is -0.147. The van der Waals surface area contributed by atoms with Gasteiger partial charge in [0.25, 0.3) is 0 Å². The largest absolute Gasteiger partial charge is 0.479 e. The molecule has 0 aliphatic heterocycles. The predicted octanol–water partition coefficient (Wildman–Crippen LogP) is 0.971. The summed E-state index contributed by atoms with van der Waals surface area (Å²) in [6.07, 6.45) is -0.923. The molecule has 16 heavy (non-hydrogen) atoms. The Morgan fingerprint density at radius 2 is 2.00 bits per heavy atom. The van der Waals surface area contributed by atoms with Gasteiger partial charge in [0.1, 0.15) is 0 Å². The van der Waals surface area contributed by atoms with E-state index in [1.807, 2.05) is 0 Å². The minimum Gasteiger partial charge on any atom is -0.479 e. The number of hydrogen-bond donors (Lipinski definition) is 2. The van der Waals surface area contributed by atoms with Crippen LogP contribution in [0.5, 0.6) is 0 Å². The zero-order valence-corrected chi connectivity index (χ0v) is 10.6. The van der Waals surface area contributed by atoms with Crippen molar-refractivity contribution in [3.05, 3.63) is 28.2 Å². The lowest BCUT2D eigenvalue weighted by atomic mass is 10.1. The van der Waals surface area contributed by atoms with E-state index in [-0.39, 0.29) is 14.9 Å². The van der Waals surface area contributed by atoms with E-state index in [0.717, 1.165) is 6.26 Å². The van der Waals surface area contributed by atoms with Crippen molar-refractivity contribution in [1.29, 1.82) is 0 Å². The number of carbonyl (C=O) groups is 1. The molecule has 88 valence electrons. The molecule has 1 aromatic carbocycles. The second-order valence-corrected chi connectivity index (χ2v) is 6.00. The molecule has 0 amide bonds. The van der Waals surface area contributed by atoms with Gasteiger partial charge in [0.15, 0.2) is 15.9 Å². The van der Waals surface area contributed by atoms with Crippen LogP contribution in [-0.4, -0.2) is 30.9 Å². The van der Waals surface area contributed by atoms with Gasteiger partial charge in [0, 0.05) is 16.3 Å². The monoisotopic (exact) mass is 308 g/mol. The summed E-state index contributed by atoms with van der Waals surface area (Å²) in [6, 6.07) is 4.18. The number of hydrogen-bond acceptors (Lipinski definition) is 4. The molecule has 1 atom stereocenters. The number of aliphatic carboxylic acids is 1. The fourth-order valence-corrected chi connectivity index (χ4v) is 2.89. The number of carboxylic acid groups (broad SMARTS) is 1. The Morgan fingerprint density at radius 1 is 1.44 bits per heavy atom. The molecule has 0 aliphatic carbocycles. The second-order valence-electron chi connectivity index (χ2n) is 3.16. The Labute approximate surface area is 101 Å². The highest BCUT2D eigenvalue weighted by molar-refractivity contribution is 9.10. The van der Waals surface area contributed by atoms with Crippen LogP contribution < -0.4 is 0 Å². The molecular formula is C9H9BrO5S. The number of sulfone groups is 1. The van der Waals surface area contributed by atoms with Gasteiger partial charge >= 0.3 is 5.97 Å². The van der Waals surface area contributed by atoms with E-state index in [9.17, 15) is 18.3 Å². The highest BCUT2D eigenvalue weighted by Crippen LogP contribution is 2.30. The lowest BCUT2D eigenvalue weighted by Gasteiger charge is -2.12. The quantitative estimate of drug-likeness (QED) is 0.868. The van der Waals surface area contributed by atoms with Gasteiger partial charge in [-0.3, -0.25) is 0 Å². The summed E-state index contributed by atoms with van der Waals surface area (Å²) >= 11 is 3.02. The summed E-state index contributed by atoms with van der Waals surface area (Å²) in [5.41, 5.74) is -0.155. The van der Waals surface area contributed by atoms with E-state index in [1.54, 1.807) is 0 Å². The molecular weight excluding hydrogens is 300 g/mol. The van der Waals surface area contributed by atoms with Gasteiger partial charge in [0.2, 0.25) is 0 Å². The topological polar surface area (TPSA) is 91.7 Å². The first kappa shape index (κ1) is 13.1. The van der Waals surface area contributed by atoms with E-state index in [4.69, 9.17) is 5.11 Å². The molecule has 0 spiro atoms. The Hall–Kier alpha value is -0.920. The SMILES string of the molecule is CS(=O)(=O)c1cccc(Br)c1C(O)C(=O)O. The number of aliphatic hydroxyl groups is 1.